The number of hydrogen-bond acceptors (Lipinski definition) is 3. The van der Waals surface area contributed by atoms with Crippen molar-refractivity contribution in [2.24, 2.45) is 5.92 Å². The van der Waals surface area contributed by atoms with Crippen LogP contribution in [0.5, 0.6) is 0 Å². The van der Waals surface area contributed by atoms with Crippen LogP contribution in [0.1, 0.15) is 39.0 Å². The highest BCUT2D eigenvalue weighted by molar-refractivity contribution is 5.74. The molecule has 0 aromatic rings. The van der Waals surface area contributed by atoms with Gasteiger partial charge in [0.15, 0.2) is 6.10 Å². The lowest BCUT2D eigenvalue weighted by molar-refractivity contribution is -0.149. The maximum Gasteiger partial charge on any atom is 0.332 e. The Bertz CT molecular complexity index is 344. The highest BCUT2D eigenvalue weighted by Crippen LogP contribution is 2.29. The smallest absolute Gasteiger partial charge is 0.332 e. The summed E-state index contributed by atoms with van der Waals surface area (Å²) < 4.78 is 5.32. The largest absolute Gasteiger partial charge is 0.479 e. The van der Waals surface area contributed by atoms with Gasteiger partial charge in [-0.1, -0.05) is 6.42 Å². The van der Waals surface area contributed by atoms with Crippen LogP contribution in [0.2, 0.25) is 0 Å². The van der Waals surface area contributed by atoms with Crippen LogP contribution in [-0.4, -0.2) is 41.9 Å². The minimum Gasteiger partial charge on any atom is -0.479 e. The summed E-state index contributed by atoms with van der Waals surface area (Å²) in [6.07, 6.45) is 3.91. The van der Waals surface area contributed by atoms with Gasteiger partial charge < -0.3 is 20.5 Å². The minimum atomic E-state index is -0.925. The molecule has 1 saturated heterocycles. The van der Waals surface area contributed by atoms with Gasteiger partial charge in [0, 0.05) is 12.6 Å². The lowest BCUT2D eigenvalue weighted by Gasteiger charge is -2.31. The zero-order valence-corrected chi connectivity index (χ0v) is 11.2. The molecule has 6 heteroatoms. The van der Waals surface area contributed by atoms with Crippen LogP contribution in [0.15, 0.2) is 0 Å². The van der Waals surface area contributed by atoms with E-state index in [0.717, 1.165) is 0 Å². The molecule has 1 aliphatic carbocycles. The average Bonchev–Trinajstić information content (AvgIpc) is 2.72. The fourth-order valence-corrected chi connectivity index (χ4v) is 2.56. The van der Waals surface area contributed by atoms with Crippen molar-refractivity contribution in [1.29, 1.82) is 0 Å². The van der Waals surface area contributed by atoms with Gasteiger partial charge in [-0.05, 0) is 38.5 Å². The van der Waals surface area contributed by atoms with Crippen molar-refractivity contribution in [3.63, 3.8) is 0 Å². The van der Waals surface area contributed by atoms with Gasteiger partial charge in [-0.3, -0.25) is 0 Å². The Kier molecular flexibility index (Phi) is 4.63. The maximum absolute atomic E-state index is 11.7. The fourth-order valence-electron chi connectivity index (χ4n) is 2.56. The monoisotopic (exact) mass is 270 g/mol. The summed E-state index contributed by atoms with van der Waals surface area (Å²) in [5.41, 5.74) is 0. The molecule has 2 amide bonds. The number of amides is 2. The summed E-state index contributed by atoms with van der Waals surface area (Å²) in [5, 5.41) is 14.5. The van der Waals surface area contributed by atoms with E-state index in [1.165, 1.54) is 19.3 Å². The number of aliphatic carboxylic acids is 1. The second-order valence-corrected chi connectivity index (χ2v) is 5.50. The molecule has 1 saturated carbocycles. The molecule has 1 heterocycles. The van der Waals surface area contributed by atoms with Gasteiger partial charge in [0.25, 0.3) is 0 Å². The van der Waals surface area contributed by atoms with Gasteiger partial charge in [-0.15, -0.1) is 0 Å². The zero-order valence-electron chi connectivity index (χ0n) is 11.2. The molecule has 1 aliphatic heterocycles. The number of carbonyl (C=O) groups is 2. The van der Waals surface area contributed by atoms with Crippen LogP contribution in [0.3, 0.4) is 0 Å². The summed E-state index contributed by atoms with van der Waals surface area (Å²) in [5.74, 6) is -0.324. The summed E-state index contributed by atoms with van der Waals surface area (Å²) in [6, 6.07) is 0.00629. The Hall–Kier alpha value is -1.30. The quantitative estimate of drug-likeness (QED) is 0.698. The van der Waals surface area contributed by atoms with Gasteiger partial charge in [-0.2, -0.15) is 0 Å². The third kappa shape index (κ3) is 3.83. The first-order valence-electron chi connectivity index (χ1n) is 6.99. The molecular formula is C13H22N2O4. The molecule has 19 heavy (non-hydrogen) atoms. The summed E-state index contributed by atoms with van der Waals surface area (Å²) in [4.78, 5) is 22.4. The first-order valence-corrected chi connectivity index (χ1v) is 6.99. The number of carboxylic acids is 1. The Labute approximate surface area is 112 Å². The van der Waals surface area contributed by atoms with Crippen LogP contribution in [-0.2, 0) is 9.53 Å². The normalized spacial score (nSPS) is 28.5. The highest BCUT2D eigenvalue weighted by Gasteiger charge is 2.31. The predicted molar refractivity (Wildman–Crippen MR) is 68.9 cm³/mol. The molecule has 3 N–H and O–H groups in total. The molecule has 2 aliphatic rings. The molecule has 0 aromatic carbocycles. The van der Waals surface area contributed by atoms with Gasteiger partial charge in [-0.25, -0.2) is 9.59 Å². The molecule has 0 radical (unpaired) electrons. The van der Waals surface area contributed by atoms with Crippen molar-refractivity contribution in [2.45, 2.75) is 57.3 Å². The second kappa shape index (κ2) is 6.23. The SMILES string of the molecule is CC(NC(=O)NCC1CCC(C(=O)O)O1)C1CCC1. The third-order valence-corrected chi connectivity index (χ3v) is 4.09. The fraction of sp³-hybridized carbons (Fsp3) is 0.846. The van der Waals surface area contributed by atoms with Crippen molar-refractivity contribution in [3.8, 4) is 0 Å². The molecular weight excluding hydrogens is 248 g/mol. The molecule has 0 aromatic heterocycles. The molecule has 3 atom stereocenters. The van der Waals surface area contributed by atoms with Gasteiger partial charge in [0.2, 0.25) is 0 Å². The van der Waals surface area contributed by atoms with Crippen molar-refractivity contribution in [3.05, 3.63) is 0 Å². The summed E-state index contributed by atoms with van der Waals surface area (Å²) in [6.45, 7) is 2.39. The van der Waals surface area contributed by atoms with Crippen molar-refractivity contribution >= 4 is 12.0 Å². The number of nitrogens with one attached hydrogen (secondary N) is 2. The molecule has 2 fully saturated rings. The zero-order chi connectivity index (χ0) is 13.8. The Morgan fingerprint density at radius 3 is 2.58 bits per heavy atom. The van der Waals surface area contributed by atoms with Crippen LogP contribution in [0, 0.1) is 5.92 Å². The number of urea groups is 1. The Balaban J connectivity index is 1.62. The van der Waals surface area contributed by atoms with Gasteiger partial charge >= 0.3 is 12.0 Å². The van der Waals surface area contributed by atoms with Crippen LogP contribution < -0.4 is 10.6 Å². The third-order valence-electron chi connectivity index (χ3n) is 4.09. The Morgan fingerprint density at radius 2 is 2.05 bits per heavy atom. The lowest BCUT2D eigenvalue weighted by atomic mass is 9.80. The van der Waals surface area contributed by atoms with E-state index in [0.29, 0.717) is 25.3 Å². The summed E-state index contributed by atoms with van der Waals surface area (Å²) in [7, 11) is 0. The van der Waals surface area contributed by atoms with Crippen LogP contribution in [0.25, 0.3) is 0 Å². The van der Waals surface area contributed by atoms with E-state index in [9.17, 15) is 9.59 Å². The average molecular weight is 270 g/mol. The van der Waals surface area contributed by atoms with E-state index < -0.39 is 12.1 Å². The van der Waals surface area contributed by atoms with E-state index in [1.54, 1.807) is 0 Å². The van der Waals surface area contributed by atoms with Gasteiger partial charge in [0.1, 0.15) is 0 Å². The van der Waals surface area contributed by atoms with E-state index in [1.807, 2.05) is 6.92 Å². The molecule has 108 valence electrons. The lowest BCUT2D eigenvalue weighted by Crippen LogP contribution is -2.47. The predicted octanol–water partition coefficient (Wildman–Crippen LogP) is 1.11. The standard InChI is InChI=1S/C13H22N2O4/c1-8(9-3-2-4-9)15-13(18)14-7-10-5-6-11(19-10)12(16)17/h8-11H,2-7H2,1H3,(H,16,17)(H2,14,15,18). The number of ether oxygens (including phenoxy) is 1. The van der Waals surface area contributed by atoms with E-state index in [4.69, 9.17) is 9.84 Å². The summed E-state index contributed by atoms with van der Waals surface area (Å²) >= 11 is 0. The topological polar surface area (TPSA) is 87.7 Å². The number of rotatable bonds is 5. The molecule has 6 nitrogen and oxygen atoms in total. The van der Waals surface area contributed by atoms with Gasteiger partial charge in [0.05, 0.1) is 6.10 Å². The maximum atomic E-state index is 11.7. The molecule has 3 unspecified atom stereocenters. The molecule has 2 rings (SSSR count). The number of hydrogen-bond donors (Lipinski definition) is 3. The van der Waals surface area contributed by atoms with Crippen LogP contribution >= 0.6 is 0 Å². The van der Waals surface area contributed by atoms with Crippen molar-refractivity contribution < 1.29 is 19.4 Å². The second-order valence-electron chi connectivity index (χ2n) is 5.50. The number of carboxylic acid groups (broad SMARTS) is 1. The molecule has 0 spiro atoms. The minimum absolute atomic E-state index is 0.189. The van der Waals surface area contributed by atoms with E-state index in [-0.39, 0.29) is 18.2 Å². The highest BCUT2D eigenvalue weighted by atomic mass is 16.5. The van der Waals surface area contributed by atoms with Crippen molar-refractivity contribution in [2.75, 3.05) is 6.54 Å². The van der Waals surface area contributed by atoms with E-state index >= 15 is 0 Å². The van der Waals surface area contributed by atoms with Crippen molar-refractivity contribution in [1.82, 2.24) is 10.6 Å². The van der Waals surface area contributed by atoms with Crippen LogP contribution in [0.4, 0.5) is 4.79 Å². The number of carbonyl (C=O) groups excluding carboxylic acids is 1. The Morgan fingerprint density at radius 1 is 1.32 bits per heavy atom. The first kappa shape index (κ1) is 14.1. The molecule has 0 bridgehead atoms. The first-order chi connectivity index (χ1) is 9.06. The van der Waals surface area contributed by atoms with E-state index in [2.05, 4.69) is 10.6 Å².